The number of benzene rings is 2. The predicted octanol–water partition coefficient (Wildman–Crippen LogP) is 0.593. The lowest BCUT2D eigenvalue weighted by Gasteiger charge is -2.33. The second-order valence-electron chi connectivity index (χ2n) is 6.48. The maximum absolute atomic E-state index is 13.9. The molecular formula is C19H21FN4O4S. The number of piperazine rings is 1. The molecule has 0 atom stereocenters. The molecule has 2 aromatic carbocycles. The molecule has 0 aliphatic carbocycles. The highest BCUT2D eigenvalue weighted by Crippen LogP contribution is 2.20. The van der Waals surface area contributed by atoms with Crippen molar-refractivity contribution < 1.29 is 22.4 Å². The van der Waals surface area contributed by atoms with E-state index in [0.717, 1.165) is 6.07 Å². The first-order valence-electron chi connectivity index (χ1n) is 8.99. The van der Waals surface area contributed by atoms with Crippen LogP contribution >= 0.6 is 0 Å². The van der Waals surface area contributed by atoms with Gasteiger partial charge in [0, 0.05) is 31.7 Å². The Hall–Kier alpha value is -2.82. The van der Waals surface area contributed by atoms with Crippen molar-refractivity contribution in [2.24, 2.45) is 0 Å². The average Bonchev–Trinajstić information content (AvgIpc) is 2.73. The van der Waals surface area contributed by atoms with E-state index in [2.05, 4.69) is 10.9 Å². The van der Waals surface area contributed by atoms with Gasteiger partial charge in [-0.1, -0.05) is 30.3 Å². The highest BCUT2D eigenvalue weighted by atomic mass is 32.2. The molecule has 2 amide bonds. The van der Waals surface area contributed by atoms with Gasteiger partial charge in [-0.2, -0.15) is 4.31 Å². The minimum atomic E-state index is -3.92. The number of sulfonamides is 1. The number of rotatable bonds is 5. The van der Waals surface area contributed by atoms with Gasteiger partial charge in [-0.25, -0.2) is 12.8 Å². The van der Waals surface area contributed by atoms with Gasteiger partial charge in [0.2, 0.25) is 10.0 Å². The number of hydrogen-bond acceptors (Lipinski definition) is 5. The lowest BCUT2D eigenvalue weighted by Crippen LogP contribution is -2.52. The van der Waals surface area contributed by atoms with Crippen molar-refractivity contribution >= 4 is 21.8 Å². The minimum Gasteiger partial charge on any atom is -0.292 e. The largest absolute Gasteiger partial charge is 0.292 e. The molecule has 1 aliphatic heterocycles. The number of carbonyl (C=O) groups excluding carboxylic acids is 2. The molecule has 2 N–H and O–H groups in total. The summed E-state index contributed by atoms with van der Waals surface area (Å²) < 4.78 is 40.2. The van der Waals surface area contributed by atoms with Crippen LogP contribution in [-0.4, -0.2) is 62.2 Å². The Bertz CT molecular complexity index is 977. The van der Waals surface area contributed by atoms with Crippen molar-refractivity contribution in [1.82, 2.24) is 20.1 Å². The van der Waals surface area contributed by atoms with Crippen LogP contribution in [0.3, 0.4) is 0 Å². The molecule has 0 unspecified atom stereocenters. The van der Waals surface area contributed by atoms with E-state index in [-0.39, 0.29) is 24.5 Å². The summed E-state index contributed by atoms with van der Waals surface area (Å²) in [5.41, 5.74) is 5.09. The summed E-state index contributed by atoms with van der Waals surface area (Å²) in [7, 11) is -3.92. The predicted molar refractivity (Wildman–Crippen MR) is 104 cm³/mol. The Morgan fingerprint density at radius 3 is 2.17 bits per heavy atom. The average molecular weight is 420 g/mol. The molecule has 0 radical (unpaired) electrons. The van der Waals surface area contributed by atoms with E-state index in [9.17, 15) is 22.4 Å². The van der Waals surface area contributed by atoms with Crippen LogP contribution in [0, 0.1) is 5.82 Å². The Morgan fingerprint density at radius 2 is 1.52 bits per heavy atom. The van der Waals surface area contributed by atoms with Gasteiger partial charge in [0.1, 0.15) is 10.7 Å². The number of nitrogens with zero attached hydrogens (tertiary/aromatic N) is 2. The standard InChI is InChI=1S/C19H21FN4O4S/c20-16-8-4-5-9-17(16)29(27,28)24-12-10-23(11-13-24)14-18(25)21-22-19(26)15-6-2-1-3-7-15/h1-9H,10-14H2,(H,21,25)(H,22,26). The fraction of sp³-hybridized carbons (Fsp3) is 0.263. The zero-order valence-corrected chi connectivity index (χ0v) is 16.4. The van der Waals surface area contributed by atoms with E-state index in [4.69, 9.17) is 0 Å². The lowest BCUT2D eigenvalue weighted by atomic mass is 10.2. The summed E-state index contributed by atoms with van der Waals surface area (Å²) in [6.45, 7) is 0.908. The van der Waals surface area contributed by atoms with Crippen molar-refractivity contribution in [3.05, 3.63) is 66.0 Å². The van der Waals surface area contributed by atoms with E-state index >= 15 is 0 Å². The molecule has 0 bridgehead atoms. The lowest BCUT2D eigenvalue weighted by molar-refractivity contribution is -0.123. The van der Waals surface area contributed by atoms with Crippen LogP contribution in [0.25, 0.3) is 0 Å². The summed E-state index contributed by atoms with van der Waals surface area (Å²) >= 11 is 0. The van der Waals surface area contributed by atoms with E-state index < -0.39 is 27.7 Å². The Morgan fingerprint density at radius 1 is 0.897 bits per heavy atom. The monoisotopic (exact) mass is 420 g/mol. The molecule has 0 aromatic heterocycles. The molecule has 3 rings (SSSR count). The van der Waals surface area contributed by atoms with E-state index in [1.54, 1.807) is 35.2 Å². The van der Waals surface area contributed by atoms with Gasteiger partial charge in [0.25, 0.3) is 11.8 Å². The molecule has 29 heavy (non-hydrogen) atoms. The Kier molecular flexibility index (Phi) is 6.57. The van der Waals surface area contributed by atoms with Gasteiger partial charge in [0.15, 0.2) is 0 Å². The van der Waals surface area contributed by atoms with Crippen molar-refractivity contribution in [3.63, 3.8) is 0 Å². The van der Waals surface area contributed by atoms with E-state index in [0.29, 0.717) is 18.7 Å². The van der Waals surface area contributed by atoms with Crippen molar-refractivity contribution in [3.8, 4) is 0 Å². The normalized spacial score (nSPS) is 15.6. The maximum atomic E-state index is 13.9. The summed E-state index contributed by atoms with van der Waals surface area (Å²) in [6, 6.07) is 13.7. The van der Waals surface area contributed by atoms with E-state index in [1.165, 1.54) is 22.5 Å². The van der Waals surface area contributed by atoms with Crippen LogP contribution in [0.4, 0.5) is 4.39 Å². The number of hydrogen-bond donors (Lipinski definition) is 2. The smallest absolute Gasteiger partial charge is 0.269 e. The summed E-state index contributed by atoms with van der Waals surface area (Å²) in [6.07, 6.45) is 0. The van der Waals surface area contributed by atoms with Crippen molar-refractivity contribution in [1.29, 1.82) is 0 Å². The molecule has 154 valence electrons. The number of halogens is 1. The second kappa shape index (κ2) is 9.12. The van der Waals surface area contributed by atoms with Crippen LogP contribution in [0.2, 0.25) is 0 Å². The summed E-state index contributed by atoms with van der Waals surface area (Å²) in [4.78, 5) is 25.4. The van der Waals surface area contributed by atoms with Crippen LogP contribution in [0.1, 0.15) is 10.4 Å². The molecule has 1 heterocycles. The third-order valence-corrected chi connectivity index (χ3v) is 6.44. The molecule has 0 saturated carbocycles. The van der Waals surface area contributed by atoms with Crippen LogP contribution in [0.5, 0.6) is 0 Å². The van der Waals surface area contributed by atoms with Gasteiger partial charge in [-0.3, -0.25) is 25.3 Å². The first kappa shape index (κ1) is 20.9. The Balaban J connectivity index is 1.48. The number of amides is 2. The quantitative estimate of drug-likeness (QED) is 0.690. The third kappa shape index (κ3) is 5.17. The van der Waals surface area contributed by atoms with Gasteiger partial charge in [-0.05, 0) is 24.3 Å². The first-order chi connectivity index (χ1) is 13.9. The molecule has 1 saturated heterocycles. The van der Waals surface area contributed by atoms with Gasteiger partial charge in [-0.15, -0.1) is 0 Å². The molecule has 1 aliphatic rings. The van der Waals surface area contributed by atoms with Crippen LogP contribution in [0.15, 0.2) is 59.5 Å². The van der Waals surface area contributed by atoms with Gasteiger partial charge in [0.05, 0.1) is 6.54 Å². The SMILES string of the molecule is O=C(CN1CCN(S(=O)(=O)c2ccccc2F)CC1)NNC(=O)c1ccccc1. The third-order valence-electron chi connectivity index (χ3n) is 4.50. The van der Waals surface area contributed by atoms with Gasteiger partial charge >= 0.3 is 0 Å². The van der Waals surface area contributed by atoms with Gasteiger partial charge < -0.3 is 0 Å². The zero-order chi connectivity index (χ0) is 20.9. The maximum Gasteiger partial charge on any atom is 0.269 e. The molecule has 0 spiro atoms. The van der Waals surface area contributed by atoms with Crippen LogP contribution in [-0.2, 0) is 14.8 Å². The fourth-order valence-corrected chi connectivity index (χ4v) is 4.44. The molecule has 1 fully saturated rings. The minimum absolute atomic E-state index is 0.00263. The highest BCUT2D eigenvalue weighted by Gasteiger charge is 2.30. The number of carbonyl (C=O) groups is 2. The van der Waals surface area contributed by atoms with E-state index in [1.807, 2.05) is 0 Å². The van der Waals surface area contributed by atoms with Crippen LogP contribution < -0.4 is 10.9 Å². The molecule has 10 heteroatoms. The molecule has 2 aromatic rings. The fourth-order valence-electron chi connectivity index (χ4n) is 2.95. The molecular weight excluding hydrogens is 399 g/mol. The summed E-state index contributed by atoms with van der Waals surface area (Å²) in [5.74, 6) is -1.64. The second-order valence-corrected chi connectivity index (χ2v) is 8.39. The number of nitrogens with one attached hydrogen (secondary N) is 2. The first-order valence-corrected chi connectivity index (χ1v) is 10.4. The van der Waals surface area contributed by atoms with Crippen molar-refractivity contribution in [2.45, 2.75) is 4.90 Å². The number of hydrazine groups is 1. The van der Waals surface area contributed by atoms with Crippen molar-refractivity contribution in [2.75, 3.05) is 32.7 Å². The molecule has 8 nitrogen and oxygen atoms in total. The zero-order valence-electron chi connectivity index (χ0n) is 15.5. The highest BCUT2D eigenvalue weighted by molar-refractivity contribution is 7.89. The Labute approximate surface area is 168 Å². The summed E-state index contributed by atoms with van der Waals surface area (Å²) in [5, 5.41) is 0. The topological polar surface area (TPSA) is 98.8 Å².